The molecule has 1 fully saturated rings. The molecule has 0 bridgehead atoms. The molecular weight excluding hydrogens is 350 g/mol. The van der Waals surface area contributed by atoms with Crippen molar-refractivity contribution >= 4 is 29.5 Å². The lowest BCUT2D eigenvalue weighted by atomic mass is 9.83. The van der Waals surface area contributed by atoms with E-state index in [1.807, 2.05) is 42.2 Å². The van der Waals surface area contributed by atoms with Crippen molar-refractivity contribution in [2.24, 2.45) is 0 Å². The molecule has 0 unspecified atom stereocenters. The minimum absolute atomic E-state index is 0.371. The van der Waals surface area contributed by atoms with Gasteiger partial charge in [0.2, 0.25) is 5.95 Å². The molecule has 134 valence electrons. The van der Waals surface area contributed by atoms with Crippen molar-refractivity contribution in [2.45, 2.75) is 29.8 Å². The smallest absolute Gasteiger partial charge is 0.412 e. The standard InChI is InChI=1S/C18H19N5O2S/c24-17-21-13-4-2-1-3-12(13)18(25-17)6-8-23(9-7-18)22-16-19-11-15-14(20-16)5-10-26-15/h1-4,11H,5-10H2,(H,21,24)(H,19,20,22). The van der Waals surface area contributed by atoms with Crippen molar-refractivity contribution in [2.75, 3.05) is 29.6 Å². The summed E-state index contributed by atoms with van der Waals surface area (Å²) in [4.78, 5) is 22.2. The molecule has 1 aromatic heterocycles. The molecule has 5 rings (SSSR count). The molecule has 4 heterocycles. The highest BCUT2D eigenvalue weighted by Gasteiger charge is 2.44. The van der Waals surface area contributed by atoms with E-state index in [0.717, 1.165) is 55.0 Å². The van der Waals surface area contributed by atoms with Gasteiger partial charge < -0.3 is 4.74 Å². The number of piperidine rings is 1. The summed E-state index contributed by atoms with van der Waals surface area (Å²) in [5, 5.41) is 4.90. The van der Waals surface area contributed by atoms with Gasteiger partial charge in [-0.15, -0.1) is 11.8 Å². The Morgan fingerprint density at radius 1 is 1.27 bits per heavy atom. The lowest BCUT2D eigenvalue weighted by Crippen LogP contribution is -2.49. The van der Waals surface area contributed by atoms with Crippen LogP contribution in [0.2, 0.25) is 0 Å². The number of thioether (sulfide) groups is 1. The van der Waals surface area contributed by atoms with Crippen LogP contribution in [0.5, 0.6) is 0 Å². The van der Waals surface area contributed by atoms with Gasteiger partial charge in [0.25, 0.3) is 0 Å². The highest BCUT2D eigenvalue weighted by Crippen LogP contribution is 2.43. The molecular formula is C18H19N5O2S. The van der Waals surface area contributed by atoms with E-state index in [1.54, 1.807) is 0 Å². The number of ether oxygens (including phenoxy) is 1. The second kappa shape index (κ2) is 6.14. The van der Waals surface area contributed by atoms with Crippen LogP contribution in [0.25, 0.3) is 0 Å². The van der Waals surface area contributed by atoms with E-state index < -0.39 is 5.60 Å². The van der Waals surface area contributed by atoms with Crippen LogP contribution < -0.4 is 10.7 Å². The van der Waals surface area contributed by atoms with Gasteiger partial charge in [-0.2, -0.15) is 0 Å². The number of hydrogen-bond donors (Lipinski definition) is 2. The maximum Gasteiger partial charge on any atom is 0.412 e. The van der Waals surface area contributed by atoms with Gasteiger partial charge in [-0.3, -0.25) is 10.7 Å². The highest BCUT2D eigenvalue weighted by molar-refractivity contribution is 7.99. The molecule has 7 nitrogen and oxygen atoms in total. The zero-order valence-corrected chi connectivity index (χ0v) is 15.0. The van der Waals surface area contributed by atoms with Crippen LogP contribution in [-0.4, -0.2) is 39.9 Å². The van der Waals surface area contributed by atoms with E-state index in [0.29, 0.717) is 5.95 Å². The first-order valence-corrected chi connectivity index (χ1v) is 9.80. The first-order chi connectivity index (χ1) is 12.7. The van der Waals surface area contributed by atoms with Crippen molar-refractivity contribution in [1.82, 2.24) is 15.0 Å². The molecule has 0 aliphatic carbocycles. The molecule has 2 aromatic rings. The van der Waals surface area contributed by atoms with E-state index in [4.69, 9.17) is 4.74 Å². The SMILES string of the molecule is O=C1Nc2ccccc2C2(CCN(Nc3ncc4c(n3)CCS4)CC2)O1. The fourth-order valence-corrected chi connectivity index (χ4v) is 4.82. The Kier molecular flexibility index (Phi) is 3.75. The van der Waals surface area contributed by atoms with E-state index in [9.17, 15) is 4.79 Å². The number of anilines is 2. The number of amides is 1. The summed E-state index contributed by atoms with van der Waals surface area (Å²) in [7, 11) is 0. The summed E-state index contributed by atoms with van der Waals surface area (Å²) < 4.78 is 5.76. The fraction of sp³-hybridized carbons (Fsp3) is 0.389. The van der Waals surface area contributed by atoms with Crippen LogP contribution in [0.3, 0.4) is 0 Å². The number of fused-ring (bicyclic) bond motifs is 3. The maximum absolute atomic E-state index is 12.0. The van der Waals surface area contributed by atoms with E-state index >= 15 is 0 Å². The van der Waals surface area contributed by atoms with Gasteiger partial charge in [-0.05, 0) is 6.07 Å². The van der Waals surface area contributed by atoms with Gasteiger partial charge in [-0.25, -0.2) is 19.8 Å². The average Bonchev–Trinajstić information content (AvgIpc) is 3.11. The highest BCUT2D eigenvalue weighted by atomic mass is 32.2. The Labute approximate surface area is 155 Å². The lowest BCUT2D eigenvalue weighted by Gasteiger charge is -2.44. The van der Waals surface area contributed by atoms with Crippen LogP contribution in [0.4, 0.5) is 16.4 Å². The van der Waals surface area contributed by atoms with Gasteiger partial charge in [-0.1, -0.05) is 18.2 Å². The number of hydrazine groups is 1. The molecule has 3 aliphatic rings. The second-order valence-corrected chi connectivity index (χ2v) is 7.89. The van der Waals surface area contributed by atoms with Gasteiger partial charge in [0.1, 0.15) is 5.60 Å². The molecule has 1 saturated heterocycles. The van der Waals surface area contributed by atoms with Gasteiger partial charge in [0.15, 0.2) is 0 Å². The summed E-state index contributed by atoms with van der Waals surface area (Å²) in [6.07, 6.45) is 3.99. The monoisotopic (exact) mass is 369 g/mol. The largest absolute Gasteiger partial charge is 0.438 e. The minimum Gasteiger partial charge on any atom is -0.438 e. The third-order valence-electron chi connectivity index (χ3n) is 5.20. The van der Waals surface area contributed by atoms with Crippen molar-refractivity contribution in [3.63, 3.8) is 0 Å². The number of benzene rings is 1. The molecule has 26 heavy (non-hydrogen) atoms. The molecule has 1 amide bonds. The molecule has 1 aromatic carbocycles. The van der Waals surface area contributed by atoms with Crippen LogP contribution in [0.1, 0.15) is 24.1 Å². The number of carbonyl (C=O) groups is 1. The molecule has 0 saturated carbocycles. The Morgan fingerprint density at radius 2 is 2.12 bits per heavy atom. The number of rotatable bonds is 2. The van der Waals surface area contributed by atoms with Crippen LogP contribution >= 0.6 is 11.8 Å². The predicted octanol–water partition coefficient (Wildman–Crippen LogP) is 3.01. The van der Waals surface area contributed by atoms with E-state index in [1.165, 1.54) is 4.90 Å². The third kappa shape index (κ3) is 2.69. The number of para-hydroxylation sites is 1. The Bertz CT molecular complexity index is 866. The fourth-order valence-electron chi connectivity index (χ4n) is 3.87. The number of aryl methyl sites for hydroxylation is 1. The second-order valence-electron chi connectivity index (χ2n) is 6.76. The summed E-state index contributed by atoms with van der Waals surface area (Å²) in [5.74, 6) is 1.73. The van der Waals surface area contributed by atoms with Crippen molar-refractivity contribution in [3.05, 3.63) is 41.7 Å². The number of hydrogen-bond acceptors (Lipinski definition) is 7. The number of carbonyl (C=O) groups excluding carboxylic acids is 1. The lowest BCUT2D eigenvalue weighted by molar-refractivity contribution is -0.0336. The van der Waals surface area contributed by atoms with Crippen LogP contribution in [-0.2, 0) is 16.8 Å². The summed E-state index contributed by atoms with van der Waals surface area (Å²) >= 11 is 1.81. The van der Waals surface area contributed by atoms with Gasteiger partial charge >= 0.3 is 6.09 Å². The average molecular weight is 369 g/mol. The Morgan fingerprint density at radius 3 is 3.00 bits per heavy atom. The van der Waals surface area contributed by atoms with Crippen molar-refractivity contribution in [1.29, 1.82) is 0 Å². The molecule has 0 atom stereocenters. The van der Waals surface area contributed by atoms with Gasteiger partial charge in [0.05, 0.1) is 11.4 Å². The molecule has 0 radical (unpaired) electrons. The first-order valence-electron chi connectivity index (χ1n) is 8.82. The Hall–Kier alpha value is -2.32. The van der Waals surface area contributed by atoms with Crippen molar-refractivity contribution < 1.29 is 9.53 Å². The summed E-state index contributed by atoms with van der Waals surface area (Å²) in [5.41, 5.74) is 5.80. The quantitative estimate of drug-likeness (QED) is 0.842. The molecule has 3 aliphatic heterocycles. The first kappa shape index (κ1) is 15.9. The summed E-state index contributed by atoms with van der Waals surface area (Å²) in [6, 6.07) is 7.89. The maximum atomic E-state index is 12.0. The van der Waals surface area contributed by atoms with E-state index in [-0.39, 0.29) is 6.09 Å². The van der Waals surface area contributed by atoms with Crippen molar-refractivity contribution in [3.8, 4) is 0 Å². The molecule has 2 N–H and O–H groups in total. The normalized spacial score (nSPS) is 20.8. The van der Waals surface area contributed by atoms with Crippen LogP contribution in [0.15, 0.2) is 35.4 Å². The number of nitrogens with zero attached hydrogens (tertiary/aromatic N) is 3. The zero-order chi connectivity index (χ0) is 17.6. The van der Waals surface area contributed by atoms with E-state index in [2.05, 4.69) is 25.7 Å². The Balaban J connectivity index is 1.31. The minimum atomic E-state index is -0.549. The third-order valence-corrected chi connectivity index (χ3v) is 6.26. The number of aromatic nitrogens is 2. The summed E-state index contributed by atoms with van der Waals surface area (Å²) in [6.45, 7) is 1.49. The number of nitrogens with one attached hydrogen (secondary N) is 2. The topological polar surface area (TPSA) is 79.4 Å². The zero-order valence-electron chi connectivity index (χ0n) is 14.2. The molecule has 1 spiro atoms. The molecule has 8 heteroatoms. The van der Waals surface area contributed by atoms with Gasteiger partial charge in [0, 0.05) is 54.8 Å². The van der Waals surface area contributed by atoms with Crippen LogP contribution in [0, 0.1) is 0 Å². The predicted molar refractivity (Wildman–Crippen MR) is 99.1 cm³/mol.